The quantitative estimate of drug-likeness (QED) is 0.359. The van der Waals surface area contributed by atoms with E-state index in [9.17, 15) is 5.21 Å². The summed E-state index contributed by atoms with van der Waals surface area (Å²) in [7, 11) is -1.07. The lowest BCUT2D eigenvalue weighted by Crippen LogP contribution is -2.29. The molecule has 18 heavy (non-hydrogen) atoms. The number of pyridine rings is 1. The fraction of sp³-hybridized carbons (Fsp3) is 0.500. The smallest absolute Gasteiger partial charge is 0.316 e. The Morgan fingerprint density at radius 1 is 1.44 bits per heavy atom. The fourth-order valence-electron chi connectivity index (χ4n) is 1.67. The Bertz CT molecular complexity index is 534. The van der Waals surface area contributed by atoms with Crippen LogP contribution >= 0.6 is 0 Å². The Labute approximate surface area is 108 Å². The standard InChI is InChI=1S/C12H19N3O2Si/c1-18(2,3)8-7-17-10-14-12-11(9-13-14)5-4-6-15(12)16/h4-6,9H,7-8,10H2,1-3H3. The van der Waals surface area contributed by atoms with E-state index in [0.29, 0.717) is 12.4 Å². The SMILES string of the molecule is C[Si](C)(C)CCOCn1ncc2ccc[n+]([O-])c21. The molecule has 0 saturated heterocycles. The number of fused-ring (bicyclic) bond motifs is 1. The fourth-order valence-corrected chi connectivity index (χ4v) is 2.43. The third kappa shape index (κ3) is 3.08. The molecule has 0 bridgehead atoms. The van der Waals surface area contributed by atoms with Crippen molar-refractivity contribution in [3.05, 3.63) is 29.7 Å². The minimum atomic E-state index is -1.07. The molecule has 0 aliphatic rings. The summed E-state index contributed by atoms with van der Waals surface area (Å²) < 4.78 is 8.03. The monoisotopic (exact) mass is 265 g/mol. The van der Waals surface area contributed by atoms with Gasteiger partial charge in [-0.1, -0.05) is 24.7 Å². The van der Waals surface area contributed by atoms with Crippen LogP contribution in [0.2, 0.25) is 25.7 Å². The van der Waals surface area contributed by atoms with E-state index in [-0.39, 0.29) is 0 Å². The van der Waals surface area contributed by atoms with E-state index >= 15 is 0 Å². The van der Waals surface area contributed by atoms with E-state index in [1.807, 2.05) is 6.07 Å². The molecule has 0 saturated carbocycles. The number of aromatic nitrogens is 3. The van der Waals surface area contributed by atoms with Gasteiger partial charge in [0, 0.05) is 14.7 Å². The molecule has 0 amide bonds. The zero-order chi connectivity index (χ0) is 13.2. The molecule has 6 heteroatoms. The molecule has 0 atom stereocenters. The maximum atomic E-state index is 11.7. The predicted molar refractivity (Wildman–Crippen MR) is 72.8 cm³/mol. The number of nitrogens with zero attached hydrogens (tertiary/aromatic N) is 3. The molecule has 0 aliphatic carbocycles. The Hall–Kier alpha value is -1.40. The van der Waals surface area contributed by atoms with Crippen LogP contribution in [0, 0.1) is 5.21 Å². The minimum Gasteiger partial charge on any atom is -0.711 e. The highest BCUT2D eigenvalue weighted by atomic mass is 28.3. The van der Waals surface area contributed by atoms with Gasteiger partial charge in [-0.25, -0.2) is 4.73 Å². The normalized spacial score (nSPS) is 12.2. The lowest BCUT2D eigenvalue weighted by atomic mass is 10.4. The van der Waals surface area contributed by atoms with Crippen molar-refractivity contribution in [3.63, 3.8) is 0 Å². The van der Waals surface area contributed by atoms with Gasteiger partial charge in [0.25, 0.3) is 0 Å². The van der Waals surface area contributed by atoms with Crippen molar-refractivity contribution >= 4 is 19.1 Å². The van der Waals surface area contributed by atoms with E-state index in [1.165, 1.54) is 6.20 Å². The van der Waals surface area contributed by atoms with E-state index in [4.69, 9.17) is 4.74 Å². The van der Waals surface area contributed by atoms with Crippen molar-refractivity contribution in [2.75, 3.05) is 6.61 Å². The zero-order valence-corrected chi connectivity index (χ0v) is 12.1. The molecule has 5 nitrogen and oxygen atoms in total. The highest BCUT2D eigenvalue weighted by Gasteiger charge is 2.14. The van der Waals surface area contributed by atoms with Crippen molar-refractivity contribution < 1.29 is 9.47 Å². The second-order valence-electron chi connectivity index (χ2n) is 5.61. The van der Waals surface area contributed by atoms with Crippen LogP contribution in [0.5, 0.6) is 0 Å². The van der Waals surface area contributed by atoms with Crippen LogP contribution in [0.15, 0.2) is 24.5 Å². The highest BCUT2D eigenvalue weighted by molar-refractivity contribution is 6.76. The van der Waals surface area contributed by atoms with E-state index in [1.54, 1.807) is 16.9 Å². The van der Waals surface area contributed by atoms with Crippen LogP contribution in [0.25, 0.3) is 11.0 Å². The first-order valence-corrected chi connectivity index (χ1v) is 9.79. The average Bonchev–Trinajstić information content (AvgIpc) is 2.68. The van der Waals surface area contributed by atoms with Crippen LogP contribution < -0.4 is 4.73 Å². The topological polar surface area (TPSA) is 54.0 Å². The largest absolute Gasteiger partial charge is 0.711 e. The third-order valence-electron chi connectivity index (χ3n) is 2.75. The zero-order valence-electron chi connectivity index (χ0n) is 11.1. The van der Waals surface area contributed by atoms with Gasteiger partial charge in [-0.2, -0.15) is 0 Å². The summed E-state index contributed by atoms with van der Waals surface area (Å²) >= 11 is 0. The molecule has 2 aromatic rings. The van der Waals surface area contributed by atoms with E-state index in [0.717, 1.165) is 22.8 Å². The Morgan fingerprint density at radius 3 is 2.94 bits per heavy atom. The molecule has 98 valence electrons. The first kappa shape index (κ1) is 13.0. The average molecular weight is 265 g/mol. The summed E-state index contributed by atoms with van der Waals surface area (Å²) in [5.41, 5.74) is 0.547. The number of hydrogen-bond donors (Lipinski definition) is 0. The van der Waals surface area contributed by atoms with Crippen LogP contribution in [-0.2, 0) is 11.5 Å². The molecule has 2 heterocycles. The second kappa shape index (κ2) is 5.07. The number of ether oxygens (including phenoxy) is 1. The van der Waals surface area contributed by atoms with Crippen molar-refractivity contribution in [2.24, 2.45) is 0 Å². The molecule has 0 aliphatic heterocycles. The summed E-state index contributed by atoms with van der Waals surface area (Å²) in [6.45, 7) is 7.99. The Morgan fingerprint density at radius 2 is 2.22 bits per heavy atom. The van der Waals surface area contributed by atoms with Crippen LogP contribution in [-0.4, -0.2) is 24.5 Å². The molecule has 2 rings (SSSR count). The van der Waals surface area contributed by atoms with Crippen LogP contribution in [0.1, 0.15) is 0 Å². The van der Waals surface area contributed by atoms with Gasteiger partial charge in [0.1, 0.15) is 0 Å². The summed E-state index contributed by atoms with van der Waals surface area (Å²) in [5.74, 6) is 0. The lowest BCUT2D eigenvalue weighted by Gasteiger charge is -2.14. The minimum absolute atomic E-state index is 0.334. The van der Waals surface area contributed by atoms with E-state index < -0.39 is 8.07 Å². The molecule has 2 aromatic heterocycles. The van der Waals surface area contributed by atoms with Crippen molar-refractivity contribution in [2.45, 2.75) is 32.4 Å². The molecule has 0 unspecified atom stereocenters. The first-order chi connectivity index (χ1) is 8.47. The molecule has 0 aromatic carbocycles. The maximum absolute atomic E-state index is 11.7. The molecule has 0 spiro atoms. The van der Waals surface area contributed by atoms with Gasteiger partial charge in [-0.3, -0.25) is 0 Å². The molecular formula is C12H19N3O2Si. The van der Waals surface area contributed by atoms with Gasteiger partial charge < -0.3 is 9.94 Å². The second-order valence-corrected chi connectivity index (χ2v) is 11.2. The van der Waals surface area contributed by atoms with Crippen LogP contribution in [0.3, 0.4) is 0 Å². The summed E-state index contributed by atoms with van der Waals surface area (Å²) in [5, 5.41) is 16.7. The van der Waals surface area contributed by atoms with Gasteiger partial charge in [-0.15, -0.1) is 4.68 Å². The lowest BCUT2D eigenvalue weighted by molar-refractivity contribution is -0.580. The van der Waals surface area contributed by atoms with Gasteiger partial charge in [0.2, 0.25) is 6.73 Å². The van der Waals surface area contributed by atoms with Gasteiger partial charge in [0.05, 0.1) is 17.8 Å². The van der Waals surface area contributed by atoms with Crippen molar-refractivity contribution in [1.29, 1.82) is 0 Å². The third-order valence-corrected chi connectivity index (χ3v) is 4.46. The molecule has 0 fully saturated rings. The number of hydrogen-bond acceptors (Lipinski definition) is 3. The maximum Gasteiger partial charge on any atom is 0.316 e. The summed E-state index contributed by atoms with van der Waals surface area (Å²) in [6.07, 6.45) is 3.16. The predicted octanol–water partition coefficient (Wildman–Crippen LogP) is 1.98. The van der Waals surface area contributed by atoms with Crippen LogP contribution in [0.4, 0.5) is 0 Å². The summed E-state index contributed by atoms with van der Waals surface area (Å²) in [6, 6.07) is 4.70. The van der Waals surface area contributed by atoms with Gasteiger partial charge >= 0.3 is 5.65 Å². The Balaban J connectivity index is 2.00. The van der Waals surface area contributed by atoms with Crippen molar-refractivity contribution in [3.8, 4) is 0 Å². The van der Waals surface area contributed by atoms with Gasteiger partial charge in [-0.05, 0) is 18.2 Å². The molecule has 0 N–H and O–H groups in total. The van der Waals surface area contributed by atoms with Gasteiger partial charge in [0.15, 0.2) is 0 Å². The molecule has 0 radical (unpaired) electrons. The molecular weight excluding hydrogens is 246 g/mol. The van der Waals surface area contributed by atoms with E-state index in [2.05, 4.69) is 24.7 Å². The Kier molecular flexibility index (Phi) is 3.67. The highest BCUT2D eigenvalue weighted by Crippen LogP contribution is 2.10. The first-order valence-electron chi connectivity index (χ1n) is 6.09. The summed E-state index contributed by atoms with van der Waals surface area (Å²) in [4.78, 5) is 0. The van der Waals surface area contributed by atoms with Crippen molar-refractivity contribution in [1.82, 2.24) is 9.78 Å². The number of rotatable bonds is 5.